The minimum Gasteiger partial charge on any atom is -0.370 e. The van der Waals surface area contributed by atoms with Crippen LogP contribution in [0.1, 0.15) is 22.9 Å². The van der Waals surface area contributed by atoms with Gasteiger partial charge in [-0.15, -0.1) is 11.3 Å². The van der Waals surface area contributed by atoms with Crippen molar-refractivity contribution in [2.24, 2.45) is 10.7 Å². The van der Waals surface area contributed by atoms with Gasteiger partial charge in [0.05, 0.1) is 0 Å². The number of aliphatic imine (C=N–C) groups is 1. The predicted molar refractivity (Wildman–Crippen MR) is 77.0 cm³/mol. The van der Waals surface area contributed by atoms with Crippen molar-refractivity contribution in [2.45, 2.75) is 19.9 Å². The number of para-hydroxylation sites is 1. The van der Waals surface area contributed by atoms with E-state index in [-0.39, 0.29) is 6.04 Å². The monoisotopic (exact) mass is 260 g/mol. The Morgan fingerprint density at radius 3 is 2.72 bits per heavy atom. The Morgan fingerprint density at radius 1 is 1.39 bits per heavy atom. The van der Waals surface area contributed by atoms with E-state index in [1.54, 1.807) is 11.3 Å². The van der Waals surface area contributed by atoms with Crippen LogP contribution in [-0.2, 0) is 0 Å². The van der Waals surface area contributed by atoms with Crippen LogP contribution in [0, 0.1) is 6.92 Å². The number of hydrogen-bond donors (Lipinski definition) is 2. The first-order valence-corrected chi connectivity index (χ1v) is 6.54. The number of nitrogens with one attached hydrogen (secondary N) is 1. The summed E-state index contributed by atoms with van der Waals surface area (Å²) in [5, 5.41) is 4.03. The molecule has 2 aromatic rings. The maximum atomic E-state index is 5.87. The van der Waals surface area contributed by atoms with Gasteiger partial charge >= 0.3 is 0 Å². The van der Waals surface area contributed by atoms with Gasteiger partial charge in [-0.1, -0.05) is 18.2 Å². The zero-order valence-electron chi connectivity index (χ0n) is 10.4. The SMILES string of the molecule is Cc1cnc(C(C)N=C(N)Nc2ccccc2)s1. The lowest BCUT2D eigenvalue weighted by molar-refractivity contribution is 0.806. The number of thiazole rings is 1. The van der Waals surface area contributed by atoms with Crippen LogP contribution in [0.5, 0.6) is 0 Å². The molecule has 1 unspecified atom stereocenters. The molecule has 0 aliphatic rings. The number of nitrogens with two attached hydrogens (primary N) is 1. The maximum absolute atomic E-state index is 5.87. The van der Waals surface area contributed by atoms with Crippen LogP contribution in [0.4, 0.5) is 5.69 Å². The van der Waals surface area contributed by atoms with Gasteiger partial charge in [0.1, 0.15) is 11.0 Å². The van der Waals surface area contributed by atoms with Gasteiger partial charge in [0.15, 0.2) is 5.96 Å². The first-order chi connectivity index (χ1) is 8.65. The van der Waals surface area contributed by atoms with E-state index in [1.807, 2.05) is 50.4 Å². The van der Waals surface area contributed by atoms with E-state index in [1.165, 1.54) is 4.88 Å². The fourth-order valence-electron chi connectivity index (χ4n) is 1.53. The summed E-state index contributed by atoms with van der Waals surface area (Å²) in [6.07, 6.45) is 1.85. The van der Waals surface area contributed by atoms with Crippen LogP contribution in [0.25, 0.3) is 0 Å². The van der Waals surface area contributed by atoms with E-state index >= 15 is 0 Å². The molecular formula is C13H16N4S. The normalized spacial score (nSPS) is 13.3. The molecule has 0 spiro atoms. The number of aryl methyl sites for hydroxylation is 1. The Balaban J connectivity index is 2.04. The lowest BCUT2D eigenvalue weighted by atomic mass is 10.3. The molecule has 0 saturated carbocycles. The van der Waals surface area contributed by atoms with E-state index in [0.717, 1.165) is 10.7 Å². The van der Waals surface area contributed by atoms with Crippen molar-refractivity contribution in [3.63, 3.8) is 0 Å². The van der Waals surface area contributed by atoms with Crippen molar-refractivity contribution < 1.29 is 0 Å². The number of anilines is 1. The van der Waals surface area contributed by atoms with Gasteiger partial charge in [0, 0.05) is 16.8 Å². The number of nitrogens with zero attached hydrogens (tertiary/aromatic N) is 2. The Kier molecular flexibility index (Phi) is 3.94. The minimum absolute atomic E-state index is 0.0279. The molecule has 0 radical (unpaired) electrons. The van der Waals surface area contributed by atoms with E-state index in [9.17, 15) is 0 Å². The summed E-state index contributed by atoms with van der Waals surface area (Å²) in [5.74, 6) is 0.404. The molecule has 0 amide bonds. The highest BCUT2D eigenvalue weighted by Gasteiger charge is 2.08. The molecule has 0 aliphatic carbocycles. The Bertz CT molecular complexity index is 533. The predicted octanol–water partition coefficient (Wildman–Crippen LogP) is 2.94. The summed E-state index contributed by atoms with van der Waals surface area (Å²) < 4.78 is 0. The molecule has 1 heterocycles. The molecule has 0 bridgehead atoms. The first kappa shape index (κ1) is 12.6. The van der Waals surface area contributed by atoms with Gasteiger partial charge in [-0.25, -0.2) is 9.98 Å². The third kappa shape index (κ3) is 3.30. The zero-order chi connectivity index (χ0) is 13.0. The summed E-state index contributed by atoms with van der Waals surface area (Å²) in [6.45, 7) is 4.01. The Hall–Kier alpha value is -1.88. The van der Waals surface area contributed by atoms with Crippen molar-refractivity contribution in [3.05, 3.63) is 46.4 Å². The van der Waals surface area contributed by atoms with Gasteiger partial charge < -0.3 is 11.1 Å². The molecule has 5 heteroatoms. The average molecular weight is 260 g/mol. The van der Waals surface area contributed by atoms with Gasteiger partial charge in [-0.2, -0.15) is 0 Å². The quantitative estimate of drug-likeness (QED) is 0.659. The standard InChI is InChI=1S/C13H16N4S/c1-9-8-15-12(18-9)10(2)16-13(14)17-11-6-4-3-5-7-11/h3-8,10H,1-2H3,(H3,14,16,17). The fraction of sp³-hybridized carbons (Fsp3) is 0.231. The van der Waals surface area contributed by atoms with Gasteiger partial charge in [0.2, 0.25) is 0 Å². The second-order valence-electron chi connectivity index (χ2n) is 3.99. The van der Waals surface area contributed by atoms with Crippen LogP contribution < -0.4 is 11.1 Å². The molecule has 94 valence electrons. The Morgan fingerprint density at radius 2 is 2.11 bits per heavy atom. The van der Waals surface area contributed by atoms with Crippen molar-refractivity contribution in [3.8, 4) is 0 Å². The van der Waals surface area contributed by atoms with E-state index in [4.69, 9.17) is 5.73 Å². The molecule has 1 aromatic heterocycles. The molecule has 2 rings (SSSR count). The molecule has 1 aromatic carbocycles. The van der Waals surface area contributed by atoms with Gasteiger partial charge in [0.25, 0.3) is 0 Å². The molecule has 0 aliphatic heterocycles. The number of benzene rings is 1. The first-order valence-electron chi connectivity index (χ1n) is 5.73. The summed E-state index contributed by atoms with van der Waals surface area (Å²) >= 11 is 1.64. The lowest BCUT2D eigenvalue weighted by Gasteiger charge is -2.07. The average Bonchev–Trinajstić information content (AvgIpc) is 2.77. The highest BCUT2D eigenvalue weighted by molar-refractivity contribution is 7.11. The number of aromatic nitrogens is 1. The van der Waals surface area contributed by atoms with Crippen molar-refractivity contribution in [1.29, 1.82) is 0 Å². The number of guanidine groups is 1. The molecular weight excluding hydrogens is 244 g/mol. The highest BCUT2D eigenvalue weighted by Crippen LogP contribution is 2.21. The zero-order valence-corrected chi connectivity index (χ0v) is 11.2. The van der Waals surface area contributed by atoms with Crippen molar-refractivity contribution in [1.82, 2.24) is 4.98 Å². The second-order valence-corrected chi connectivity index (χ2v) is 5.26. The van der Waals surface area contributed by atoms with E-state index in [2.05, 4.69) is 15.3 Å². The van der Waals surface area contributed by atoms with Crippen molar-refractivity contribution in [2.75, 3.05) is 5.32 Å². The van der Waals surface area contributed by atoms with Crippen LogP contribution in [-0.4, -0.2) is 10.9 Å². The largest absolute Gasteiger partial charge is 0.370 e. The van der Waals surface area contributed by atoms with E-state index < -0.39 is 0 Å². The second kappa shape index (κ2) is 5.64. The maximum Gasteiger partial charge on any atom is 0.193 e. The third-order valence-electron chi connectivity index (χ3n) is 2.38. The number of hydrogen-bond acceptors (Lipinski definition) is 3. The highest BCUT2D eigenvalue weighted by atomic mass is 32.1. The summed E-state index contributed by atoms with van der Waals surface area (Å²) in [6, 6.07) is 9.72. The fourth-order valence-corrected chi connectivity index (χ4v) is 2.29. The molecule has 18 heavy (non-hydrogen) atoms. The van der Waals surface area contributed by atoms with Crippen LogP contribution >= 0.6 is 11.3 Å². The summed E-state index contributed by atoms with van der Waals surface area (Å²) in [4.78, 5) is 9.87. The molecule has 4 nitrogen and oxygen atoms in total. The minimum atomic E-state index is -0.0279. The molecule has 0 fully saturated rings. The summed E-state index contributed by atoms with van der Waals surface area (Å²) in [7, 11) is 0. The van der Waals surface area contributed by atoms with Crippen LogP contribution in [0.2, 0.25) is 0 Å². The third-order valence-corrected chi connectivity index (χ3v) is 3.46. The topological polar surface area (TPSA) is 63.3 Å². The summed E-state index contributed by atoms with van der Waals surface area (Å²) in [5.41, 5.74) is 6.80. The van der Waals surface area contributed by atoms with Gasteiger partial charge in [-0.05, 0) is 26.0 Å². The molecule has 1 atom stereocenters. The van der Waals surface area contributed by atoms with Crippen LogP contribution in [0.15, 0.2) is 41.5 Å². The van der Waals surface area contributed by atoms with Gasteiger partial charge in [-0.3, -0.25) is 0 Å². The molecule has 0 saturated heterocycles. The molecule has 3 N–H and O–H groups in total. The van der Waals surface area contributed by atoms with Crippen LogP contribution in [0.3, 0.4) is 0 Å². The van der Waals surface area contributed by atoms with Crippen molar-refractivity contribution >= 4 is 23.0 Å². The number of rotatable bonds is 3. The van der Waals surface area contributed by atoms with E-state index in [0.29, 0.717) is 5.96 Å². The Labute approximate surface area is 111 Å². The smallest absolute Gasteiger partial charge is 0.193 e. The lowest BCUT2D eigenvalue weighted by Crippen LogP contribution is -2.23.